The molecule has 0 spiro atoms. The van der Waals surface area contributed by atoms with E-state index < -0.39 is 0 Å². The van der Waals surface area contributed by atoms with Gasteiger partial charge in [0.15, 0.2) is 0 Å². The predicted molar refractivity (Wildman–Crippen MR) is 55.4 cm³/mol. The van der Waals surface area contributed by atoms with Crippen molar-refractivity contribution in [2.24, 2.45) is 5.92 Å². The van der Waals surface area contributed by atoms with Crippen LogP contribution in [0.15, 0.2) is 30.3 Å². The lowest BCUT2D eigenvalue weighted by Gasteiger charge is -2.09. The molecule has 0 bridgehead atoms. The van der Waals surface area contributed by atoms with Gasteiger partial charge in [-0.25, -0.2) is 0 Å². The number of benzene rings is 1. The molecule has 1 aliphatic carbocycles. The number of rotatable bonds is 4. The molecular formula is C12H14N2. The highest BCUT2D eigenvalue weighted by Crippen LogP contribution is 2.32. The molecule has 0 aromatic heterocycles. The third-order valence-corrected chi connectivity index (χ3v) is 2.60. The lowest BCUT2D eigenvalue weighted by Crippen LogP contribution is -2.28. The number of nitrogens with zero attached hydrogens (tertiary/aromatic N) is 1. The zero-order valence-corrected chi connectivity index (χ0v) is 8.11. The second-order valence-electron chi connectivity index (χ2n) is 3.81. The first kappa shape index (κ1) is 9.23. The van der Waals surface area contributed by atoms with Crippen molar-refractivity contribution in [3.05, 3.63) is 35.9 Å². The van der Waals surface area contributed by atoms with E-state index >= 15 is 0 Å². The summed E-state index contributed by atoms with van der Waals surface area (Å²) in [5.41, 5.74) is 1.24. The molecule has 2 rings (SSSR count). The Hall–Kier alpha value is -1.33. The van der Waals surface area contributed by atoms with E-state index in [1.165, 1.54) is 18.4 Å². The Morgan fingerprint density at radius 1 is 1.36 bits per heavy atom. The van der Waals surface area contributed by atoms with Crippen LogP contribution in [0.1, 0.15) is 18.4 Å². The summed E-state index contributed by atoms with van der Waals surface area (Å²) < 4.78 is 0. The maximum Gasteiger partial charge on any atom is 0.0984 e. The molecule has 1 fully saturated rings. The van der Waals surface area contributed by atoms with E-state index in [1.54, 1.807) is 0 Å². The van der Waals surface area contributed by atoms with Crippen molar-refractivity contribution < 1.29 is 0 Å². The number of hydrogen-bond acceptors (Lipinski definition) is 2. The van der Waals surface area contributed by atoms with Crippen molar-refractivity contribution in [1.82, 2.24) is 5.32 Å². The van der Waals surface area contributed by atoms with Crippen LogP contribution >= 0.6 is 0 Å². The predicted octanol–water partition coefficient (Wildman–Crippen LogP) is 2.08. The Labute approximate surface area is 84.6 Å². The fourth-order valence-electron chi connectivity index (χ4n) is 1.57. The van der Waals surface area contributed by atoms with Gasteiger partial charge < -0.3 is 0 Å². The fraction of sp³-hybridized carbons (Fsp3) is 0.417. The van der Waals surface area contributed by atoms with Crippen molar-refractivity contribution in [3.8, 4) is 6.07 Å². The summed E-state index contributed by atoms with van der Waals surface area (Å²) in [4.78, 5) is 0. The molecule has 0 aliphatic heterocycles. The quantitative estimate of drug-likeness (QED) is 0.781. The Kier molecular flexibility index (Phi) is 2.81. The van der Waals surface area contributed by atoms with Crippen molar-refractivity contribution in [2.75, 3.05) is 0 Å². The summed E-state index contributed by atoms with van der Waals surface area (Å²) in [5.74, 6) is 0.601. The maximum atomic E-state index is 8.90. The second kappa shape index (κ2) is 4.26. The van der Waals surface area contributed by atoms with Gasteiger partial charge in [-0.3, -0.25) is 5.32 Å². The summed E-state index contributed by atoms with van der Waals surface area (Å²) >= 11 is 0. The highest BCUT2D eigenvalue weighted by atomic mass is 14.9. The van der Waals surface area contributed by atoms with Crippen LogP contribution in [0.3, 0.4) is 0 Å². The van der Waals surface area contributed by atoms with Gasteiger partial charge in [0.25, 0.3) is 0 Å². The van der Waals surface area contributed by atoms with E-state index in [-0.39, 0.29) is 6.04 Å². The van der Waals surface area contributed by atoms with E-state index in [2.05, 4.69) is 23.5 Å². The topological polar surface area (TPSA) is 35.8 Å². The van der Waals surface area contributed by atoms with E-state index in [9.17, 15) is 0 Å². The molecule has 0 saturated heterocycles. The van der Waals surface area contributed by atoms with Gasteiger partial charge in [-0.15, -0.1) is 0 Å². The van der Waals surface area contributed by atoms with Gasteiger partial charge in [-0.1, -0.05) is 30.3 Å². The summed E-state index contributed by atoms with van der Waals surface area (Å²) in [6, 6.07) is 12.6. The van der Waals surface area contributed by atoms with Crippen molar-refractivity contribution in [1.29, 1.82) is 5.26 Å². The number of nitrogens with one attached hydrogen (secondary N) is 1. The number of nitriles is 1. The van der Waals surface area contributed by atoms with E-state index in [0.717, 1.165) is 6.54 Å². The molecule has 2 heteroatoms. The van der Waals surface area contributed by atoms with Gasteiger partial charge >= 0.3 is 0 Å². The SMILES string of the molecule is N#CC(NCc1ccccc1)C1CC1. The molecule has 1 aromatic rings. The molecule has 0 heterocycles. The third kappa shape index (κ3) is 2.34. The molecule has 1 aromatic carbocycles. The average Bonchev–Trinajstić information content (AvgIpc) is 3.05. The molecule has 0 amide bonds. The molecule has 1 atom stereocenters. The van der Waals surface area contributed by atoms with Crippen molar-refractivity contribution in [3.63, 3.8) is 0 Å². The zero-order valence-electron chi connectivity index (χ0n) is 8.11. The monoisotopic (exact) mass is 186 g/mol. The normalized spacial score (nSPS) is 17.4. The molecule has 1 saturated carbocycles. The second-order valence-corrected chi connectivity index (χ2v) is 3.81. The zero-order chi connectivity index (χ0) is 9.80. The molecule has 14 heavy (non-hydrogen) atoms. The van der Waals surface area contributed by atoms with Crippen LogP contribution in [0.5, 0.6) is 0 Å². The minimum Gasteiger partial charge on any atom is -0.298 e. The Morgan fingerprint density at radius 2 is 2.07 bits per heavy atom. The Morgan fingerprint density at radius 3 is 2.64 bits per heavy atom. The highest BCUT2D eigenvalue weighted by molar-refractivity contribution is 5.15. The smallest absolute Gasteiger partial charge is 0.0984 e. The van der Waals surface area contributed by atoms with E-state index in [0.29, 0.717) is 5.92 Å². The molecule has 0 radical (unpaired) electrons. The summed E-state index contributed by atoms with van der Waals surface area (Å²) in [6.45, 7) is 0.801. The van der Waals surface area contributed by atoms with Crippen molar-refractivity contribution in [2.45, 2.75) is 25.4 Å². The van der Waals surface area contributed by atoms with Crippen LogP contribution in [-0.2, 0) is 6.54 Å². The molecule has 1 aliphatic rings. The van der Waals surface area contributed by atoms with Gasteiger partial charge in [0.1, 0.15) is 0 Å². The largest absolute Gasteiger partial charge is 0.298 e. The van der Waals surface area contributed by atoms with Crippen LogP contribution in [0, 0.1) is 17.2 Å². The average molecular weight is 186 g/mol. The van der Waals surface area contributed by atoms with Gasteiger partial charge in [0.2, 0.25) is 0 Å². The molecular weight excluding hydrogens is 172 g/mol. The van der Waals surface area contributed by atoms with E-state index in [4.69, 9.17) is 5.26 Å². The molecule has 1 unspecified atom stereocenters. The van der Waals surface area contributed by atoms with Crippen LogP contribution < -0.4 is 5.32 Å². The van der Waals surface area contributed by atoms with Crippen LogP contribution in [0.25, 0.3) is 0 Å². The maximum absolute atomic E-state index is 8.90. The minimum atomic E-state index is 0.0511. The Bertz CT molecular complexity index is 322. The first-order chi connectivity index (χ1) is 6.90. The summed E-state index contributed by atoms with van der Waals surface area (Å²) in [7, 11) is 0. The first-order valence-corrected chi connectivity index (χ1v) is 5.07. The summed E-state index contributed by atoms with van der Waals surface area (Å²) in [6.07, 6.45) is 2.42. The molecule has 1 N–H and O–H groups in total. The fourth-order valence-corrected chi connectivity index (χ4v) is 1.57. The van der Waals surface area contributed by atoms with Gasteiger partial charge in [-0.2, -0.15) is 5.26 Å². The lowest BCUT2D eigenvalue weighted by molar-refractivity contribution is 0.548. The summed E-state index contributed by atoms with van der Waals surface area (Å²) in [5, 5.41) is 12.2. The third-order valence-electron chi connectivity index (χ3n) is 2.60. The van der Waals surface area contributed by atoms with Gasteiger partial charge in [0, 0.05) is 6.54 Å². The van der Waals surface area contributed by atoms with Crippen LogP contribution in [-0.4, -0.2) is 6.04 Å². The van der Waals surface area contributed by atoms with E-state index in [1.807, 2.05) is 18.2 Å². The standard InChI is InChI=1S/C12H14N2/c13-8-12(11-6-7-11)14-9-10-4-2-1-3-5-10/h1-5,11-12,14H,6-7,9H2. The van der Waals surface area contributed by atoms with Crippen molar-refractivity contribution >= 4 is 0 Å². The first-order valence-electron chi connectivity index (χ1n) is 5.07. The van der Waals surface area contributed by atoms with Crippen LogP contribution in [0.2, 0.25) is 0 Å². The number of hydrogen-bond donors (Lipinski definition) is 1. The Balaban J connectivity index is 1.84. The highest BCUT2D eigenvalue weighted by Gasteiger charge is 2.30. The molecule has 72 valence electrons. The van der Waals surface area contributed by atoms with Crippen LogP contribution in [0.4, 0.5) is 0 Å². The molecule has 2 nitrogen and oxygen atoms in total. The minimum absolute atomic E-state index is 0.0511. The van der Waals surface area contributed by atoms with Gasteiger partial charge in [-0.05, 0) is 24.3 Å². The lowest BCUT2D eigenvalue weighted by atomic mass is 10.2. The van der Waals surface area contributed by atoms with Gasteiger partial charge in [0.05, 0.1) is 12.1 Å².